The van der Waals surface area contributed by atoms with Gasteiger partial charge in [-0.25, -0.2) is 0 Å². The lowest BCUT2D eigenvalue weighted by Gasteiger charge is -2.35. The van der Waals surface area contributed by atoms with Crippen molar-refractivity contribution < 1.29 is 4.79 Å². The Hall–Kier alpha value is -1.85. The van der Waals surface area contributed by atoms with Crippen molar-refractivity contribution in [3.05, 3.63) is 66.0 Å². The molecule has 1 fully saturated rings. The molecule has 1 unspecified atom stereocenters. The minimum absolute atomic E-state index is 0.0800. The van der Waals surface area contributed by atoms with Gasteiger partial charge in [-0.3, -0.25) is 14.7 Å². The number of hydrogen-bond donors (Lipinski definition) is 1. The fourth-order valence-corrected chi connectivity index (χ4v) is 4.01. The molecule has 2 heterocycles. The van der Waals surface area contributed by atoms with Gasteiger partial charge >= 0.3 is 0 Å². The maximum Gasteiger partial charge on any atom is 0.224 e. The van der Waals surface area contributed by atoms with Crippen LogP contribution in [0.3, 0.4) is 0 Å². The number of carbonyl (C=O) groups is 1. The summed E-state index contributed by atoms with van der Waals surface area (Å²) in [6.45, 7) is 2.74. The standard InChI is InChI=1S/C19H23N3OS/c23-19(12-16-6-8-20-9-7-16)21-13-18-15-24-11-10-22(18)14-17-4-2-1-3-5-17/h1-9,18H,10-15H2,(H,21,23). The summed E-state index contributed by atoms with van der Waals surface area (Å²) >= 11 is 1.97. The van der Waals surface area contributed by atoms with Gasteiger partial charge in [0, 0.05) is 49.6 Å². The molecule has 3 rings (SSSR count). The van der Waals surface area contributed by atoms with Crippen LogP contribution in [0.15, 0.2) is 54.9 Å². The second kappa shape index (κ2) is 8.85. The van der Waals surface area contributed by atoms with Crippen LogP contribution in [0.2, 0.25) is 0 Å². The molecule has 1 aromatic carbocycles. The van der Waals surface area contributed by atoms with Gasteiger partial charge in [0.15, 0.2) is 0 Å². The van der Waals surface area contributed by atoms with Gasteiger partial charge in [-0.1, -0.05) is 30.3 Å². The summed E-state index contributed by atoms with van der Waals surface area (Å²) < 4.78 is 0. The molecule has 24 heavy (non-hydrogen) atoms. The fraction of sp³-hybridized carbons (Fsp3) is 0.368. The first-order valence-electron chi connectivity index (χ1n) is 8.32. The van der Waals surface area contributed by atoms with E-state index >= 15 is 0 Å². The van der Waals surface area contributed by atoms with E-state index in [4.69, 9.17) is 0 Å². The molecule has 5 heteroatoms. The molecule has 0 bridgehead atoms. The molecule has 1 aliphatic heterocycles. The summed E-state index contributed by atoms with van der Waals surface area (Å²) in [5.41, 5.74) is 2.33. The summed E-state index contributed by atoms with van der Waals surface area (Å²) in [6, 6.07) is 14.7. The maximum atomic E-state index is 12.2. The van der Waals surface area contributed by atoms with E-state index in [0.29, 0.717) is 19.0 Å². The largest absolute Gasteiger partial charge is 0.354 e. The predicted octanol–water partition coefficient (Wildman–Crippen LogP) is 2.36. The van der Waals surface area contributed by atoms with Crippen molar-refractivity contribution in [2.45, 2.75) is 19.0 Å². The summed E-state index contributed by atoms with van der Waals surface area (Å²) in [5.74, 6) is 2.31. The van der Waals surface area contributed by atoms with Crippen LogP contribution >= 0.6 is 11.8 Å². The molecule has 1 amide bonds. The Labute approximate surface area is 147 Å². The van der Waals surface area contributed by atoms with E-state index in [0.717, 1.165) is 30.2 Å². The van der Waals surface area contributed by atoms with Crippen molar-refractivity contribution >= 4 is 17.7 Å². The Bertz CT molecular complexity index is 636. The lowest BCUT2D eigenvalue weighted by molar-refractivity contribution is -0.120. The van der Waals surface area contributed by atoms with E-state index in [-0.39, 0.29) is 5.91 Å². The lowest BCUT2D eigenvalue weighted by atomic mass is 10.1. The molecule has 1 atom stereocenters. The number of thioether (sulfide) groups is 1. The Morgan fingerprint density at radius 2 is 1.96 bits per heavy atom. The van der Waals surface area contributed by atoms with Gasteiger partial charge in [-0.2, -0.15) is 11.8 Å². The minimum atomic E-state index is 0.0800. The fourth-order valence-electron chi connectivity index (χ4n) is 2.88. The number of carbonyl (C=O) groups excluding carboxylic acids is 1. The monoisotopic (exact) mass is 341 g/mol. The zero-order valence-electron chi connectivity index (χ0n) is 13.7. The van der Waals surface area contributed by atoms with E-state index in [1.807, 2.05) is 30.0 Å². The lowest BCUT2D eigenvalue weighted by Crippen LogP contribution is -2.48. The highest BCUT2D eigenvalue weighted by Gasteiger charge is 2.23. The van der Waals surface area contributed by atoms with Crippen molar-refractivity contribution in [1.29, 1.82) is 0 Å². The molecular weight excluding hydrogens is 318 g/mol. The molecule has 0 spiro atoms. The molecule has 1 aliphatic rings. The molecule has 2 aromatic rings. The van der Waals surface area contributed by atoms with Gasteiger partial charge in [0.25, 0.3) is 0 Å². The molecule has 1 saturated heterocycles. The average molecular weight is 341 g/mol. The molecule has 0 aliphatic carbocycles. The van der Waals surface area contributed by atoms with E-state index in [2.05, 4.69) is 39.5 Å². The summed E-state index contributed by atoms with van der Waals surface area (Å²) in [7, 11) is 0. The van der Waals surface area contributed by atoms with Gasteiger partial charge in [0.1, 0.15) is 0 Å². The quantitative estimate of drug-likeness (QED) is 0.876. The SMILES string of the molecule is O=C(Cc1ccncc1)NCC1CSCCN1Cc1ccccc1. The number of aromatic nitrogens is 1. The van der Waals surface area contributed by atoms with E-state index in [9.17, 15) is 4.79 Å². The Morgan fingerprint density at radius 1 is 1.17 bits per heavy atom. The highest BCUT2D eigenvalue weighted by atomic mass is 32.2. The second-order valence-electron chi connectivity index (χ2n) is 6.02. The third-order valence-electron chi connectivity index (χ3n) is 4.23. The van der Waals surface area contributed by atoms with Crippen molar-refractivity contribution in [1.82, 2.24) is 15.2 Å². The van der Waals surface area contributed by atoms with Gasteiger partial charge in [-0.15, -0.1) is 0 Å². The van der Waals surface area contributed by atoms with Crippen LogP contribution in [-0.4, -0.2) is 46.4 Å². The average Bonchev–Trinajstić information content (AvgIpc) is 2.63. The van der Waals surface area contributed by atoms with Crippen LogP contribution in [0.4, 0.5) is 0 Å². The van der Waals surface area contributed by atoms with Gasteiger partial charge in [0.05, 0.1) is 6.42 Å². The van der Waals surface area contributed by atoms with E-state index < -0.39 is 0 Å². The molecule has 126 valence electrons. The summed E-state index contributed by atoms with van der Waals surface area (Å²) in [5, 5.41) is 3.10. The molecule has 0 radical (unpaired) electrons. The van der Waals surface area contributed by atoms with Crippen molar-refractivity contribution in [2.24, 2.45) is 0 Å². The molecule has 1 aromatic heterocycles. The zero-order chi connectivity index (χ0) is 16.6. The predicted molar refractivity (Wildman–Crippen MR) is 98.9 cm³/mol. The number of benzene rings is 1. The van der Waals surface area contributed by atoms with Crippen molar-refractivity contribution in [3.63, 3.8) is 0 Å². The number of nitrogens with one attached hydrogen (secondary N) is 1. The van der Waals surface area contributed by atoms with Crippen LogP contribution in [0.5, 0.6) is 0 Å². The zero-order valence-corrected chi connectivity index (χ0v) is 14.5. The molecule has 1 N–H and O–H groups in total. The Kier molecular flexibility index (Phi) is 6.26. The highest BCUT2D eigenvalue weighted by Crippen LogP contribution is 2.18. The summed E-state index contributed by atoms with van der Waals surface area (Å²) in [4.78, 5) is 18.6. The number of hydrogen-bond acceptors (Lipinski definition) is 4. The molecular formula is C19H23N3OS. The Balaban J connectivity index is 1.51. The Morgan fingerprint density at radius 3 is 2.75 bits per heavy atom. The van der Waals surface area contributed by atoms with Crippen LogP contribution < -0.4 is 5.32 Å². The number of nitrogens with zero attached hydrogens (tertiary/aromatic N) is 2. The van der Waals surface area contributed by atoms with Gasteiger partial charge < -0.3 is 5.32 Å². The highest BCUT2D eigenvalue weighted by molar-refractivity contribution is 7.99. The minimum Gasteiger partial charge on any atom is -0.354 e. The number of pyridine rings is 1. The van der Waals surface area contributed by atoms with Crippen LogP contribution in [0.1, 0.15) is 11.1 Å². The first kappa shape index (κ1) is 17.0. The first-order chi connectivity index (χ1) is 11.8. The smallest absolute Gasteiger partial charge is 0.224 e. The third-order valence-corrected chi connectivity index (χ3v) is 5.32. The topological polar surface area (TPSA) is 45.2 Å². The van der Waals surface area contributed by atoms with Crippen LogP contribution in [0, 0.1) is 0 Å². The van der Waals surface area contributed by atoms with E-state index in [1.54, 1.807) is 12.4 Å². The summed E-state index contributed by atoms with van der Waals surface area (Å²) in [6.07, 6.45) is 3.87. The first-order valence-corrected chi connectivity index (χ1v) is 9.48. The van der Waals surface area contributed by atoms with Crippen molar-refractivity contribution in [2.75, 3.05) is 24.6 Å². The van der Waals surface area contributed by atoms with Gasteiger partial charge in [0.2, 0.25) is 5.91 Å². The third kappa shape index (κ3) is 5.08. The van der Waals surface area contributed by atoms with Crippen LogP contribution in [-0.2, 0) is 17.8 Å². The molecule has 4 nitrogen and oxygen atoms in total. The van der Waals surface area contributed by atoms with E-state index in [1.165, 1.54) is 5.56 Å². The second-order valence-corrected chi connectivity index (χ2v) is 7.17. The van der Waals surface area contributed by atoms with Crippen LogP contribution in [0.25, 0.3) is 0 Å². The van der Waals surface area contributed by atoms with Gasteiger partial charge in [-0.05, 0) is 23.3 Å². The van der Waals surface area contributed by atoms with Crippen molar-refractivity contribution in [3.8, 4) is 0 Å². The normalized spacial score (nSPS) is 18.2. The number of rotatable bonds is 6. The number of amides is 1. The molecule has 0 saturated carbocycles. The maximum absolute atomic E-state index is 12.2.